The molecule has 0 saturated heterocycles. The summed E-state index contributed by atoms with van der Waals surface area (Å²) in [5.41, 5.74) is 0. The highest BCUT2D eigenvalue weighted by Gasteiger charge is 2.24. The molecule has 0 rings (SSSR count). The van der Waals surface area contributed by atoms with E-state index < -0.39 is 5.97 Å². The monoisotopic (exact) mass is 247 g/mol. The van der Waals surface area contributed by atoms with Crippen LogP contribution in [0.1, 0.15) is 46.5 Å². The number of thioether (sulfide) groups is 1. The van der Waals surface area contributed by atoms with E-state index >= 15 is 0 Å². The molecule has 0 aliphatic rings. The number of carboxylic acid groups (broad SMARTS) is 1. The summed E-state index contributed by atoms with van der Waals surface area (Å²) >= 11 is 1.90. The van der Waals surface area contributed by atoms with Crippen molar-refractivity contribution in [3.63, 3.8) is 0 Å². The van der Waals surface area contributed by atoms with Gasteiger partial charge in [0, 0.05) is 23.8 Å². The lowest BCUT2D eigenvalue weighted by Crippen LogP contribution is -2.40. The zero-order chi connectivity index (χ0) is 12.6. The van der Waals surface area contributed by atoms with Crippen LogP contribution in [0.5, 0.6) is 0 Å². The van der Waals surface area contributed by atoms with Crippen molar-refractivity contribution >= 4 is 17.7 Å². The third kappa shape index (κ3) is 5.75. The van der Waals surface area contributed by atoms with Gasteiger partial charge in [0.15, 0.2) is 0 Å². The number of carbonyl (C=O) groups is 1. The minimum atomic E-state index is -0.712. The first kappa shape index (κ1) is 15.8. The SMILES string of the molecule is CCC(CC)(CNC(C)CCC(=O)O)SC. The van der Waals surface area contributed by atoms with Crippen LogP contribution >= 0.6 is 11.8 Å². The zero-order valence-electron chi connectivity index (χ0n) is 10.9. The molecule has 0 heterocycles. The summed E-state index contributed by atoms with van der Waals surface area (Å²) in [6, 6.07) is 0.278. The Morgan fingerprint density at radius 1 is 1.44 bits per heavy atom. The highest BCUT2D eigenvalue weighted by molar-refractivity contribution is 8.00. The van der Waals surface area contributed by atoms with Gasteiger partial charge in [-0.15, -0.1) is 0 Å². The van der Waals surface area contributed by atoms with Crippen LogP contribution in [0.25, 0.3) is 0 Å². The van der Waals surface area contributed by atoms with E-state index in [4.69, 9.17) is 5.11 Å². The average Bonchev–Trinajstić information content (AvgIpc) is 2.29. The zero-order valence-corrected chi connectivity index (χ0v) is 11.7. The predicted molar refractivity (Wildman–Crippen MR) is 71.2 cm³/mol. The molecule has 0 aliphatic heterocycles. The van der Waals surface area contributed by atoms with Crippen LogP contribution < -0.4 is 5.32 Å². The van der Waals surface area contributed by atoms with Gasteiger partial charge in [-0.3, -0.25) is 4.79 Å². The topological polar surface area (TPSA) is 49.3 Å². The molecule has 4 heteroatoms. The Labute approximate surface area is 103 Å². The van der Waals surface area contributed by atoms with Gasteiger partial charge in [0.2, 0.25) is 0 Å². The second-order valence-corrected chi connectivity index (χ2v) is 5.58. The summed E-state index contributed by atoms with van der Waals surface area (Å²) in [6.07, 6.45) is 5.38. The summed E-state index contributed by atoms with van der Waals surface area (Å²) in [4.78, 5) is 10.4. The Morgan fingerprint density at radius 3 is 2.38 bits per heavy atom. The summed E-state index contributed by atoms with van der Waals surface area (Å²) in [5, 5.41) is 12.0. The third-order valence-corrected chi connectivity index (χ3v) is 4.87. The first-order valence-electron chi connectivity index (χ1n) is 6.00. The molecule has 1 unspecified atom stereocenters. The molecule has 3 nitrogen and oxygen atoms in total. The van der Waals surface area contributed by atoms with Crippen LogP contribution in [-0.2, 0) is 4.79 Å². The van der Waals surface area contributed by atoms with Crippen molar-refractivity contribution in [3.05, 3.63) is 0 Å². The normalized spacial score (nSPS) is 13.8. The molecule has 0 spiro atoms. The second kappa shape index (κ2) is 7.96. The van der Waals surface area contributed by atoms with E-state index in [-0.39, 0.29) is 12.5 Å². The standard InChI is InChI=1S/C12H25NO2S/c1-5-12(6-2,16-4)9-13-10(3)7-8-11(14)15/h10,13H,5-9H2,1-4H3,(H,14,15). The van der Waals surface area contributed by atoms with Crippen molar-refractivity contribution in [1.29, 1.82) is 0 Å². The minimum Gasteiger partial charge on any atom is -0.481 e. The molecule has 0 amide bonds. The molecule has 2 N–H and O–H groups in total. The molecular formula is C12H25NO2S. The Balaban J connectivity index is 3.96. The summed E-state index contributed by atoms with van der Waals surface area (Å²) in [5.74, 6) is -0.712. The number of hydrogen-bond acceptors (Lipinski definition) is 3. The fourth-order valence-electron chi connectivity index (χ4n) is 1.66. The molecule has 0 aliphatic carbocycles. The lowest BCUT2D eigenvalue weighted by atomic mass is 10.0. The van der Waals surface area contributed by atoms with E-state index in [1.165, 1.54) is 0 Å². The summed E-state index contributed by atoms with van der Waals surface area (Å²) in [7, 11) is 0. The van der Waals surface area contributed by atoms with Gasteiger partial charge in [-0.05, 0) is 32.4 Å². The van der Waals surface area contributed by atoms with Crippen molar-refractivity contribution in [1.82, 2.24) is 5.32 Å². The molecule has 16 heavy (non-hydrogen) atoms. The molecular weight excluding hydrogens is 222 g/mol. The van der Waals surface area contributed by atoms with E-state index in [1.54, 1.807) is 0 Å². The molecule has 0 saturated carbocycles. The van der Waals surface area contributed by atoms with Gasteiger partial charge in [-0.1, -0.05) is 13.8 Å². The highest BCUT2D eigenvalue weighted by atomic mass is 32.2. The number of nitrogens with one attached hydrogen (secondary N) is 1. The van der Waals surface area contributed by atoms with E-state index in [2.05, 4.69) is 32.3 Å². The quantitative estimate of drug-likeness (QED) is 0.658. The van der Waals surface area contributed by atoms with Crippen LogP contribution in [0.2, 0.25) is 0 Å². The Morgan fingerprint density at radius 2 is 2.00 bits per heavy atom. The third-order valence-electron chi connectivity index (χ3n) is 3.29. The Kier molecular flexibility index (Phi) is 7.85. The molecule has 0 bridgehead atoms. The smallest absolute Gasteiger partial charge is 0.303 e. The van der Waals surface area contributed by atoms with E-state index in [0.717, 1.165) is 19.4 Å². The van der Waals surface area contributed by atoms with Crippen molar-refractivity contribution in [3.8, 4) is 0 Å². The average molecular weight is 247 g/mol. The molecule has 0 aromatic carbocycles. The predicted octanol–water partition coefficient (Wildman–Crippen LogP) is 2.75. The van der Waals surface area contributed by atoms with Crippen LogP contribution in [0.15, 0.2) is 0 Å². The van der Waals surface area contributed by atoms with E-state index in [1.807, 2.05) is 11.8 Å². The Bertz CT molecular complexity index is 197. The van der Waals surface area contributed by atoms with Crippen molar-refractivity contribution in [2.45, 2.75) is 57.2 Å². The van der Waals surface area contributed by atoms with Gasteiger partial charge < -0.3 is 10.4 Å². The van der Waals surface area contributed by atoms with Crippen LogP contribution in [0.3, 0.4) is 0 Å². The lowest BCUT2D eigenvalue weighted by molar-refractivity contribution is -0.137. The van der Waals surface area contributed by atoms with Crippen molar-refractivity contribution in [2.75, 3.05) is 12.8 Å². The van der Waals surface area contributed by atoms with Crippen molar-refractivity contribution in [2.24, 2.45) is 0 Å². The largest absolute Gasteiger partial charge is 0.481 e. The highest BCUT2D eigenvalue weighted by Crippen LogP contribution is 2.29. The van der Waals surface area contributed by atoms with Gasteiger partial charge in [0.25, 0.3) is 0 Å². The number of aliphatic carboxylic acids is 1. The van der Waals surface area contributed by atoms with Gasteiger partial charge in [-0.2, -0.15) is 11.8 Å². The van der Waals surface area contributed by atoms with Crippen molar-refractivity contribution < 1.29 is 9.90 Å². The van der Waals surface area contributed by atoms with Gasteiger partial charge in [0.05, 0.1) is 0 Å². The number of hydrogen-bond donors (Lipinski definition) is 2. The summed E-state index contributed by atoms with van der Waals surface area (Å²) < 4.78 is 0.303. The first-order valence-corrected chi connectivity index (χ1v) is 7.22. The molecule has 0 fully saturated rings. The molecule has 1 atom stereocenters. The fraction of sp³-hybridized carbons (Fsp3) is 0.917. The molecule has 0 aromatic rings. The second-order valence-electron chi connectivity index (χ2n) is 4.31. The summed E-state index contributed by atoms with van der Waals surface area (Å²) in [6.45, 7) is 7.44. The maximum atomic E-state index is 10.4. The van der Waals surface area contributed by atoms with Gasteiger partial charge in [0.1, 0.15) is 0 Å². The fourth-order valence-corrected chi connectivity index (χ4v) is 2.47. The van der Waals surface area contributed by atoms with Gasteiger partial charge >= 0.3 is 5.97 Å². The first-order chi connectivity index (χ1) is 7.49. The molecule has 96 valence electrons. The molecule has 0 radical (unpaired) electrons. The lowest BCUT2D eigenvalue weighted by Gasteiger charge is -2.31. The Hall–Kier alpha value is -0.220. The van der Waals surface area contributed by atoms with E-state index in [9.17, 15) is 4.79 Å². The maximum absolute atomic E-state index is 10.4. The minimum absolute atomic E-state index is 0.249. The maximum Gasteiger partial charge on any atom is 0.303 e. The van der Waals surface area contributed by atoms with Crippen LogP contribution in [0.4, 0.5) is 0 Å². The van der Waals surface area contributed by atoms with Crippen LogP contribution in [0, 0.1) is 0 Å². The number of carboxylic acids is 1. The molecule has 0 aromatic heterocycles. The number of rotatable bonds is 9. The van der Waals surface area contributed by atoms with Gasteiger partial charge in [-0.25, -0.2) is 0 Å². The van der Waals surface area contributed by atoms with E-state index in [0.29, 0.717) is 11.2 Å². The van der Waals surface area contributed by atoms with Crippen LogP contribution in [-0.4, -0.2) is 34.7 Å².